The van der Waals surface area contributed by atoms with Crippen molar-refractivity contribution in [1.29, 1.82) is 0 Å². The van der Waals surface area contributed by atoms with E-state index in [2.05, 4.69) is 53.2 Å². The minimum atomic E-state index is -0.752. The number of amidine groups is 1. The number of nitrogens with two attached hydrogens (primary N) is 3. The number of fused-ring (bicyclic) bond motifs is 6. The number of aromatic nitrogens is 2. The van der Waals surface area contributed by atoms with Crippen LogP contribution in [0, 0.1) is 0 Å². The van der Waals surface area contributed by atoms with Gasteiger partial charge in [0.25, 0.3) is 0 Å². The summed E-state index contributed by atoms with van der Waals surface area (Å²) in [6, 6.07) is 31.4. The van der Waals surface area contributed by atoms with Gasteiger partial charge in [0, 0.05) is 33.7 Å². The number of allylic oxidation sites excluding steroid dienone is 1. The third-order valence-electron chi connectivity index (χ3n) is 11.0. The Balaban J connectivity index is 0.000000220. The molecule has 2 aliphatic rings. The van der Waals surface area contributed by atoms with Gasteiger partial charge in [0.15, 0.2) is 40.6 Å². The van der Waals surface area contributed by atoms with Crippen molar-refractivity contribution in [2.24, 2.45) is 22.4 Å². The summed E-state index contributed by atoms with van der Waals surface area (Å²) in [5.74, 6) is 2.28. The Labute approximate surface area is 425 Å². The van der Waals surface area contributed by atoms with Crippen molar-refractivity contribution in [2.45, 2.75) is 32.6 Å². The lowest BCUT2D eigenvalue weighted by Crippen LogP contribution is -2.30. The second-order valence-electron chi connectivity index (χ2n) is 14.7. The number of alkyl halides is 2. The third kappa shape index (κ3) is 9.95. The van der Waals surface area contributed by atoms with E-state index in [1.807, 2.05) is 91.0 Å². The first-order valence-electron chi connectivity index (χ1n) is 20.1. The van der Waals surface area contributed by atoms with Crippen LogP contribution in [-0.2, 0) is 15.5 Å². The van der Waals surface area contributed by atoms with Crippen molar-refractivity contribution in [1.82, 2.24) is 10.1 Å². The van der Waals surface area contributed by atoms with Crippen LogP contribution in [0.4, 0.5) is 0 Å². The summed E-state index contributed by atoms with van der Waals surface area (Å²) in [4.78, 5) is 20.8. The number of ether oxygens (including phenoxy) is 6. The number of halogens is 4. The summed E-state index contributed by atoms with van der Waals surface area (Å²) in [6.07, 6.45) is 0. The Hall–Kier alpha value is -6.66. The van der Waals surface area contributed by atoms with Gasteiger partial charge in [-0.1, -0.05) is 98.0 Å². The molecule has 0 saturated heterocycles. The van der Waals surface area contributed by atoms with Gasteiger partial charge in [-0.15, -0.1) is 23.2 Å². The van der Waals surface area contributed by atoms with Crippen molar-refractivity contribution < 1.29 is 42.6 Å². The number of oxime groups is 1. The summed E-state index contributed by atoms with van der Waals surface area (Å²) in [5, 5.41) is 11.7. The summed E-state index contributed by atoms with van der Waals surface area (Å²) in [5.41, 5.74) is 23.4. The van der Waals surface area contributed by atoms with E-state index in [4.69, 9.17) is 78.2 Å². The van der Waals surface area contributed by atoms with E-state index in [1.165, 1.54) is 0 Å². The third-order valence-corrected chi connectivity index (χ3v) is 12.6. The van der Waals surface area contributed by atoms with Crippen molar-refractivity contribution in [3.05, 3.63) is 157 Å². The Morgan fingerprint density at radius 2 is 1.22 bits per heavy atom. The van der Waals surface area contributed by atoms with Gasteiger partial charge in [0.05, 0.1) is 48.5 Å². The number of carbonyl (C=O) groups excluding carboxylic acids is 1. The highest BCUT2D eigenvalue weighted by Gasteiger charge is 2.37. The van der Waals surface area contributed by atoms with Gasteiger partial charge < -0.3 is 55.0 Å². The average molecular weight is 1110 g/mol. The van der Waals surface area contributed by atoms with Crippen LogP contribution in [-0.4, -0.2) is 56.3 Å². The summed E-state index contributed by atoms with van der Waals surface area (Å²) in [7, 11) is 6.29. The SMILES string of the molecule is C.C.COc1cc(C2C(/C(N)=N/OC(=O)CCl)=C(N)Oc3c2ccc2ccccc32)cc(Br)c1OC.COc1cc(C2C(c3noc(CCl)n3)=C(N)Oc3c2ccc2ccccc32)cc(Br)c1OC. The maximum atomic E-state index is 11.5. The molecular formula is C50H48Br2Cl2N6O9. The lowest BCUT2D eigenvalue weighted by atomic mass is 9.81. The van der Waals surface area contributed by atoms with Gasteiger partial charge in [-0.25, -0.2) is 4.79 Å². The van der Waals surface area contributed by atoms with Gasteiger partial charge in [-0.2, -0.15) is 4.98 Å². The van der Waals surface area contributed by atoms with Crippen molar-refractivity contribution in [2.75, 3.05) is 34.3 Å². The zero-order valence-electron chi connectivity index (χ0n) is 36.1. The summed E-state index contributed by atoms with van der Waals surface area (Å²) in [6.45, 7) is 0. The number of benzene rings is 6. The molecule has 15 nitrogen and oxygen atoms in total. The maximum absolute atomic E-state index is 11.5. The molecule has 360 valence electrons. The van der Waals surface area contributed by atoms with Crippen LogP contribution < -0.4 is 45.6 Å². The van der Waals surface area contributed by atoms with Crippen LogP contribution in [0.15, 0.2) is 133 Å². The smallest absolute Gasteiger partial charge is 0.349 e. The fourth-order valence-electron chi connectivity index (χ4n) is 8.13. The molecule has 0 spiro atoms. The highest BCUT2D eigenvalue weighted by Crippen LogP contribution is 2.51. The van der Waals surface area contributed by atoms with Crippen molar-refractivity contribution in [3.8, 4) is 34.5 Å². The minimum Gasteiger partial charge on any atom is -0.493 e. The average Bonchev–Trinajstić information content (AvgIpc) is 3.83. The van der Waals surface area contributed by atoms with Crippen LogP contribution in [0.1, 0.15) is 60.7 Å². The molecule has 1 aromatic heterocycles. The first-order chi connectivity index (χ1) is 32.4. The Morgan fingerprint density at radius 3 is 1.71 bits per heavy atom. The summed E-state index contributed by atoms with van der Waals surface area (Å²) >= 11 is 18.5. The number of methoxy groups -OCH3 is 4. The molecular weight excluding hydrogens is 1060 g/mol. The molecule has 7 aromatic rings. The van der Waals surface area contributed by atoms with Gasteiger partial charge in [0.2, 0.25) is 11.7 Å². The standard InChI is InChI=1S/C24H21BrClN3O5.C24H19BrClN3O4.2CH4/c1-31-17-10-13(9-16(25)22(17)32-2)19-15-8-7-12-5-3-4-6-14(12)21(15)33-24(28)20(19)23(27)29-34-18(30)11-26;1-30-17-10-13(9-16(25)22(17)31-2)19-15-8-7-12-5-3-4-6-14(12)21(15)32-23(27)20(19)24-28-18(11-26)33-29-24;;/h3-10,19H,11,28H2,1-2H3,(H2,27,29);3-10,19H,11,27H2,1-2H3;2*1H4. The zero-order chi connectivity index (χ0) is 47.5. The highest BCUT2D eigenvalue weighted by atomic mass is 79.9. The second kappa shape index (κ2) is 22.2. The van der Waals surface area contributed by atoms with Crippen molar-refractivity contribution >= 4 is 94.0 Å². The Bertz CT molecular complexity index is 3160. The number of nitrogens with zero attached hydrogens (tertiary/aromatic N) is 3. The van der Waals surface area contributed by atoms with Crippen LogP contribution in [0.5, 0.6) is 34.5 Å². The van der Waals surface area contributed by atoms with Gasteiger partial charge in [0.1, 0.15) is 23.3 Å². The monoisotopic (exact) mass is 1100 g/mol. The van der Waals surface area contributed by atoms with Crippen LogP contribution in [0.3, 0.4) is 0 Å². The molecule has 6 aromatic carbocycles. The topological polar surface area (TPSA) is 211 Å². The van der Waals surface area contributed by atoms with Gasteiger partial charge >= 0.3 is 5.97 Å². The molecule has 9 rings (SSSR count). The maximum Gasteiger partial charge on any atom is 0.349 e. The molecule has 2 atom stereocenters. The molecule has 0 fully saturated rings. The van der Waals surface area contributed by atoms with Gasteiger partial charge in [-0.05, 0) is 78.0 Å². The normalized spacial score (nSPS) is 15.0. The summed E-state index contributed by atoms with van der Waals surface area (Å²) < 4.78 is 41.0. The van der Waals surface area contributed by atoms with E-state index in [0.717, 1.165) is 48.3 Å². The Morgan fingerprint density at radius 1 is 0.710 bits per heavy atom. The quantitative estimate of drug-likeness (QED) is 0.0362. The molecule has 69 heavy (non-hydrogen) atoms. The lowest BCUT2D eigenvalue weighted by molar-refractivity contribution is -0.140. The van der Waals surface area contributed by atoms with E-state index >= 15 is 0 Å². The molecule has 2 unspecified atom stereocenters. The van der Waals surface area contributed by atoms with E-state index in [1.54, 1.807) is 28.4 Å². The second-order valence-corrected chi connectivity index (χ2v) is 17.0. The predicted octanol–water partition coefficient (Wildman–Crippen LogP) is 11.2. The Kier molecular flexibility index (Phi) is 16.6. The lowest BCUT2D eigenvalue weighted by Gasteiger charge is -2.30. The van der Waals surface area contributed by atoms with Crippen LogP contribution in [0.25, 0.3) is 27.1 Å². The van der Waals surface area contributed by atoms with E-state index in [-0.39, 0.29) is 50.1 Å². The van der Waals surface area contributed by atoms with Crippen LogP contribution in [0.2, 0.25) is 0 Å². The largest absolute Gasteiger partial charge is 0.493 e. The first-order valence-corrected chi connectivity index (χ1v) is 22.8. The van der Waals surface area contributed by atoms with E-state index in [9.17, 15) is 4.79 Å². The fourth-order valence-corrected chi connectivity index (χ4v) is 9.54. The fraction of sp³-hybridized carbons (Fsp3) is 0.200. The predicted molar refractivity (Wildman–Crippen MR) is 275 cm³/mol. The molecule has 3 heterocycles. The van der Waals surface area contributed by atoms with E-state index in [0.29, 0.717) is 61.8 Å². The van der Waals surface area contributed by atoms with Crippen LogP contribution >= 0.6 is 55.1 Å². The molecule has 19 heteroatoms. The highest BCUT2D eigenvalue weighted by molar-refractivity contribution is 9.11. The molecule has 0 radical (unpaired) electrons. The van der Waals surface area contributed by atoms with Gasteiger partial charge in [-0.3, -0.25) is 0 Å². The molecule has 0 bridgehead atoms. The number of hydrogen-bond donors (Lipinski definition) is 3. The molecule has 2 aliphatic heterocycles. The molecule has 6 N–H and O–H groups in total. The molecule has 0 amide bonds. The number of carbonyl (C=O) groups is 1. The van der Waals surface area contributed by atoms with Crippen molar-refractivity contribution in [3.63, 3.8) is 0 Å². The zero-order valence-corrected chi connectivity index (χ0v) is 40.8. The first kappa shape index (κ1) is 51.7. The van der Waals surface area contributed by atoms with E-state index < -0.39 is 11.9 Å². The molecule has 0 saturated carbocycles. The number of rotatable bonds is 11. The number of hydrogen-bond acceptors (Lipinski definition) is 14. The minimum absolute atomic E-state index is 0. The molecule has 0 aliphatic carbocycles.